The number of hydrogen-bond acceptors (Lipinski definition) is 3. The lowest BCUT2D eigenvalue weighted by Gasteiger charge is -2.45. The van der Waals surface area contributed by atoms with Gasteiger partial charge in [0.05, 0.1) is 0 Å². The summed E-state index contributed by atoms with van der Waals surface area (Å²) in [5.74, 6) is 0.289. The van der Waals surface area contributed by atoms with Gasteiger partial charge in [-0.1, -0.05) is 12.1 Å². The fourth-order valence-corrected chi connectivity index (χ4v) is 3.44. The molecular formula is C17H23NO3. The Labute approximate surface area is 125 Å². The van der Waals surface area contributed by atoms with Crippen molar-refractivity contribution in [2.45, 2.75) is 51.2 Å². The largest absolute Gasteiger partial charge is 0.487 e. The zero-order valence-electron chi connectivity index (χ0n) is 12.8. The van der Waals surface area contributed by atoms with Crippen LogP contribution in [0.2, 0.25) is 0 Å². The number of carboxylic acids is 1. The van der Waals surface area contributed by atoms with Gasteiger partial charge in [0, 0.05) is 13.1 Å². The number of hydrogen-bond donors (Lipinski definition) is 1. The summed E-state index contributed by atoms with van der Waals surface area (Å²) in [6, 6.07) is 6.03. The van der Waals surface area contributed by atoms with E-state index in [9.17, 15) is 4.79 Å². The highest BCUT2D eigenvalue weighted by Crippen LogP contribution is 2.39. The Bertz CT molecular complexity index is 547. The number of rotatable bonds is 2. The van der Waals surface area contributed by atoms with Gasteiger partial charge in [-0.2, -0.15) is 0 Å². The van der Waals surface area contributed by atoms with E-state index in [0.717, 1.165) is 44.5 Å². The number of fused-ring (bicyclic) bond motifs is 1. The maximum atomic E-state index is 11.1. The van der Waals surface area contributed by atoms with Crippen molar-refractivity contribution >= 4 is 5.97 Å². The Balaban J connectivity index is 1.70. The van der Waals surface area contributed by atoms with E-state index in [-0.39, 0.29) is 5.60 Å². The Morgan fingerprint density at radius 3 is 2.71 bits per heavy atom. The molecule has 1 aromatic carbocycles. The summed E-state index contributed by atoms with van der Waals surface area (Å²) in [6.07, 6.45) is 3.93. The molecule has 3 rings (SSSR count). The van der Waals surface area contributed by atoms with Crippen LogP contribution in [-0.2, 0) is 11.2 Å². The van der Waals surface area contributed by atoms with Gasteiger partial charge in [0.1, 0.15) is 17.4 Å². The van der Waals surface area contributed by atoms with E-state index in [1.165, 1.54) is 11.1 Å². The SMILES string of the molecule is Cc1ccc2c(c1)OC1(CC2)CCN(C(C)C(=O)O)CC1. The van der Waals surface area contributed by atoms with E-state index in [4.69, 9.17) is 9.84 Å². The average molecular weight is 289 g/mol. The molecule has 0 aliphatic carbocycles. The van der Waals surface area contributed by atoms with Crippen molar-refractivity contribution in [1.29, 1.82) is 0 Å². The highest BCUT2D eigenvalue weighted by Gasteiger charge is 2.40. The number of carboxylic acid groups (broad SMARTS) is 1. The van der Waals surface area contributed by atoms with E-state index < -0.39 is 12.0 Å². The van der Waals surface area contributed by atoms with Crippen molar-refractivity contribution in [2.24, 2.45) is 0 Å². The minimum atomic E-state index is -0.739. The molecule has 1 unspecified atom stereocenters. The zero-order valence-corrected chi connectivity index (χ0v) is 12.8. The molecule has 4 nitrogen and oxygen atoms in total. The molecule has 1 atom stereocenters. The summed E-state index contributed by atoms with van der Waals surface area (Å²) in [7, 11) is 0. The molecule has 1 aromatic rings. The first-order valence-electron chi connectivity index (χ1n) is 7.74. The fraction of sp³-hybridized carbons (Fsp3) is 0.588. The average Bonchev–Trinajstić information content (AvgIpc) is 2.47. The second-order valence-corrected chi connectivity index (χ2v) is 6.45. The minimum Gasteiger partial charge on any atom is -0.487 e. The highest BCUT2D eigenvalue weighted by atomic mass is 16.5. The van der Waals surface area contributed by atoms with Gasteiger partial charge in [-0.05, 0) is 56.7 Å². The summed E-state index contributed by atoms with van der Waals surface area (Å²) >= 11 is 0. The summed E-state index contributed by atoms with van der Waals surface area (Å²) in [6.45, 7) is 5.45. The first-order chi connectivity index (χ1) is 9.99. The molecule has 1 spiro atoms. The third-order valence-corrected chi connectivity index (χ3v) is 5.01. The molecule has 21 heavy (non-hydrogen) atoms. The molecule has 0 amide bonds. The molecule has 0 radical (unpaired) electrons. The van der Waals surface area contributed by atoms with Gasteiger partial charge in [-0.15, -0.1) is 0 Å². The predicted octanol–water partition coefficient (Wildman–Crippen LogP) is 2.63. The van der Waals surface area contributed by atoms with Crippen LogP contribution in [0, 0.1) is 6.92 Å². The van der Waals surface area contributed by atoms with Crippen LogP contribution in [0.5, 0.6) is 5.75 Å². The van der Waals surface area contributed by atoms with Crippen LogP contribution in [0.4, 0.5) is 0 Å². The molecule has 4 heteroatoms. The number of carbonyl (C=O) groups is 1. The van der Waals surface area contributed by atoms with Gasteiger partial charge in [-0.3, -0.25) is 9.69 Å². The standard InChI is InChI=1S/C17H23NO3/c1-12-3-4-14-5-6-17(21-15(14)11-12)7-9-18(10-8-17)13(2)16(19)20/h3-4,11,13H,5-10H2,1-2H3,(H,19,20). The van der Waals surface area contributed by atoms with Crippen molar-refractivity contribution < 1.29 is 14.6 Å². The molecular weight excluding hydrogens is 266 g/mol. The molecule has 0 saturated carbocycles. The molecule has 2 aliphatic heterocycles. The molecule has 1 saturated heterocycles. The third-order valence-electron chi connectivity index (χ3n) is 5.01. The van der Waals surface area contributed by atoms with Crippen molar-refractivity contribution in [3.63, 3.8) is 0 Å². The highest BCUT2D eigenvalue weighted by molar-refractivity contribution is 5.72. The van der Waals surface area contributed by atoms with Gasteiger partial charge in [0.2, 0.25) is 0 Å². The molecule has 1 N–H and O–H groups in total. The molecule has 1 fully saturated rings. The van der Waals surface area contributed by atoms with Gasteiger partial charge in [0.15, 0.2) is 0 Å². The molecule has 0 bridgehead atoms. The number of aliphatic carboxylic acids is 1. The van der Waals surface area contributed by atoms with E-state index in [2.05, 4.69) is 25.1 Å². The van der Waals surface area contributed by atoms with E-state index in [1.54, 1.807) is 6.92 Å². The van der Waals surface area contributed by atoms with Gasteiger partial charge >= 0.3 is 5.97 Å². The number of nitrogens with zero attached hydrogens (tertiary/aromatic N) is 1. The molecule has 2 aliphatic rings. The Kier molecular flexibility index (Phi) is 3.66. The lowest BCUT2D eigenvalue weighted by molar-refractivity contribution is -0.144. The second-order valence-electron chi connectivity index (χ2n) is 6.45. The van der Waals surface area contributed by atoms with Crippen LogP contribution < -0.4 is 4.74 Å². The summed E-state index contributed by atoms with van der Waals surface area (Å²) in [5, 5.41) is 9.12. The van der Waals surface area contributed by atoms with Crippen molar-refractivity contribution in [2.75, 3.05) is 13.1 Å². The van der Waals surface area contributed by atoms with Crippen LogP contribution in [0.3, 0.4) is 0 Å². The van der Waals surface area contributed by atoms with Crippen LogP contribution in [0.1, 0.15) is 37.3 Å². The maximum Gasteiger partial charge on any atom is 0.320 e. The number of ether oxygens (including phenoxy) is 1. The maximum absolute atomic E-state index is 11.1. The van der Waals surface area contributed by atoms with Crippen LogP contribution in [-0.4, -0.2) is 40.7 Å². The fourth-order valence-electron chi connectivity index (χ4n) is 3.44. The molecule has 114 valence electrons. The van der Waals surface area contributed by atoms with Crippen LogP contribution in [0.15, 0.2) is 18.2 Å². The predicted molar refractivity (Wildman–Crippen MR) is 80.8 cm³/mol. The van der Waals surface area contributed by atoms with E-state index >= 15 is 0 Å². The molecule has 2 heterocycles. The smallest absolute Gasteiger partial charge is 0.320 e. The Morgan fingerprint density at radius 2 is 2.05 bits per heavy atom. The lowest BCUT2D eigenvalue weighted by atomic mass is 9.82. The van der Waals surface area contributed by atoms with Gasteiger partial charge in [0.25, 0.3) is 0 Å². The van der Waals surface area contributed by atoms with E-state index in [0.29, 0.717) is 0 Å². The minimum absolute atomic E-state index is 0.0878. The Hall–Kier alpha value is -1.55. The third kappa shape index (κ3) is 2.77. The summed E-state index contributed by atoms with van der Waals surface area (Å²) < 4.78 is 6.36. The topological polar surface area (TPSA) is 49.8 Å². The van der Waals surface area contributed by atoms with Crippen molar-refractivity contribution in [3.05, 3.63) is 29.3 Å². The van der Waals surface area contributed by atoms with Crippen LogP contribution >= 0.6 is 0 Å². The van der Waals surface area contributed by atoms with Gasteiger partial charge < -0.3 is 9.84 Å². The monoisotopic (exact) mass is 289 g/mol. The zero-order chi connectivity index (χ0) is 15.0. The Morgan fingerprint density at radius 1 is 1.33 bits per heavy atom. The van der Waals surface area contributed by atoms with Crippen LogP contribution in [0.25, 0.3) is 0 Å². The summed E-state index contributed by atoms with van der Waals surface area (Å²) in [5.41, 5.74) is 2.44. The number of likely N-dealkylation sites (tertiary alicyclic amines) is 1. The quantitative estimate of drug-likeness (QED) is 0.909. The normalized spacial score (nSPS) is 22.4. The number of aryl methyl sites for hydroxylation is 2. The lowest BCUT2D eigenvalue weighted by Crippen LogP contribution is -2.53. The van der Waals surface area contributed by atoms with Crippen molar-refractivity contribution in [3.8, 4) is 5.75 Å². The van der Waals surface area contributed by atoms with Crippen molar-refractivity contribution in [1.82, 2.24) is 4.90 Å². The second kappa shape index (κ2) is 5.34. The van der Waals surface area contributed by atoms with E-state index in [1.807, 2.05) is 4.90 Å². The first-order valence-corrected chi connectivity index (χ1v) is 7.74. The number of piperidine rings is 1. The first kappa shape index (κ1) is 14.4. The summed E-state index contributed by atoms with van der Waals surface area (Å²) in [4.78, 5) is 13.1. The molecule has 0 aromatic heterocycles. The van der Waals surface area contributed by atoms with Gasteiger partial charge in [-0.25, -0.2) is 0 Å². The number of benzene rings is 1.